The van der Waals surface area contributed by atoms with E-state index in [4.69, 9.17) is 0 Å². The van der Waals surface area contributed by atoms with Gasteiger partial charge in [0.1, 0.15) is 6.04 Å². The molecule has 0 radical (unpaired) electrons. The molecule has 1 rings (SSSR count). The molecule has 0 aromatic rings. The van der Waals surface area contributed by atoms with Crippen molar-refractivity contribution in [2.45, 2.75) is 39.3 Å². The zero-order valence-electron chi connectivity index (χ0n) is 11.1. The molecule has 2 amide bonds. The van der Waals surface area contributed by atoms with Crippen LogP contribution in [-0.4, -0.2) is 48.9 Å². The fourth-order valence-electron chi connectivity index (χ4n) is 2.06. The van der Waals surface area contributed by atoms with Gasteiger partial charge in [0, 0.05) is 25.0 Å². The fraction of sp³-hybridized carbons (Fsp3) is 0.833. The summed E-state index contributed by atoms with van der Waals surface area (Å²) < 4.78 is 0. The summed E-state index contributed by atoms with van der Waals surface area (Å²) in [5.41, 5.74) is 0. The average molecular weight is 241 g/mol. The Morgan fingerprint density at radius 3 is 2.59 bits per heavy atom. The predicted molar refractivity (Wildman–Crippen MR) is 66.5 cm³/mol. The van der Waals surface area contributed by atoms with Gasteiger partial charge >= 0.3 is 0 Å². The molecule has 0 spiro atoms. The van der Waals surface area contributed by atoms with Gasteiger partial charge < -0.3 is 15.5 Å². The van der Waals surface area contributed by atoms with Gasteiger partial charge in [-0.25, -0.2) is 0 Å². The molecule has 1 heterocycles. The average Bonchev–Trinajstić information content (AvgIpc) is 2.61. The first-order valence-corrected chi connectivity index (χ1v) is 6.22. The monoisotopic (exact) mass is 241 g/mol. The number of carbonyl (C=O) groups is 2. The number of rotatable bonds is 5. The molecule has 17 heavy (non-hydrogen) atoms. The summed E-state index contributed by atoms with van der Waals surface area (Å²) >= 11 is 0. The zero-order chi connectivity index (χ0) is 13.0. The number of carbonyl (C=O) groups excluding carboxylic acids is 2. The Labute approximate surface area is 103 Å². The summed E-state index contributed by atoms with van der Waals surface area (Å²) in [6.07, 6.45) is 0.717. The summed E-state index contributed by atoms with van der Waals surface area (Å²) in [6.45, 7) is 7.20. The van der Waals surface area contributed by atoms with Crippen LogP contribution in [0.5, 0.6) is 0 Å². The molecule has 1 fully saturated rings. The van der Waals surface area contributed by atoms with Crippen molar-refractivity contribution in [3.8, 4) is 0 Å². The van der Waals surface area contributed by atoms with Crippen molar-refractivity contribution in [3.05, 3.63) is 0 Å². The van der Waals surface area contributed by atoms with E-state index in [1.807, 2.05) is 32.7 Å². The summed E-state index contributed by atoms with van der Waals surface area (Å²) in [4.78, 5) is 25.6. The molecular weight excluding hydrogens is 218 g/mol. The molecule has 1 saturated heterocycles. The zero-order valence-corrected chi connectivity index (χ0v) is 11.1. The number of nitrogens with zero attached hydrogens (tertiary/aromatic N) is 1. The molecule has 0 saturated carbocycles. The van der Waals surface area contributed by atoms with Gasteiger partial charge in [0.15, 0.2) is 0 Å². The molecule has 0 aromatic carbocycles. The first-order valence-electron chi connectivity index (χ1n) is 6.22. The van der Waals surface area contributed by atoms with Gasteiger partial charge in [0.25, 0.3) is 0 Å². The molecule has 1 aliphatic rings. The summed E-state index contributed by atoms with van der Waals surface area (Å²) in [5.74, 6) is -0.116. The Morgan fingerprint density at radius 1 is 1.47 bits per heavy atom. The SMILES string of the molecule is CNCC(C)C(=O)NC1CCN(C(C)C)C1=O. The van der Waals surface area contributed by atoms with Gasteiger partial charge in [0.2, 0.25) is 11.8 Å². The molecule has 0 aromatic heterocycles. The highest BCUT2D eigenvalue weighted by atomic mass is 16.2. The third-order valence-corrected chi connectivity index (χ3v) is 3.14. The normalized spacial score (nSPS) is 22.1. The highest BCUT2D eigenvalue weighted by Gasteiger charge is 2.34. The maximum atomic E-state index is 12.0. The second kappa shape index (κ2) is 6.00. The van der Waals surface area contributed by atoms with E-state index in [9.17, 15) is 9.59 Å². The van der Waals surface area contributed by atoms with E-state index in [1.54, 1.807) is 0 Å². The van der Waals surface area contributed by atoms with E-state index in [1.165, 1.54) is 0 Å². The van der Waals surface area contributed by atoms with Crippen LogP contribution in [0.25, 0.3) is 0 Å². The second-order valence-electron chi connectivity index (χ2n) is 4.93. The van der Waals surface area contributed by atoms with Crippen molar-refractivity contribution in [2.75, 3.05) is 20.1 Å². The Bertz CT molecular complexity index is 291. The minimum absolute atomic E-state index is 0.0463. The summed E-state index contributed by atoms with van der Waals surface area (Å²) in [7, 11) is 1.81. The van der Waals surface area contributed by atoms with Gasteiger partial charge in [-0.1, -0.05) is 6.92 Å². The van der Waals surface area contributed by atoms with Gasteiger partial charge in [-0.05, 0) is 27.3 Å². The van der Waals surface area contributed by atoms with Crippen LogP contribution in [0.3, 0.4) is 0 Å². The Hall–Kier alpha value is -1.10. The molecule has 2 atom stereocenters. The van der Waals surface area contributed by atoms with Crippen LogP contribution >= 0.6 is 0 Å². The molecule has 98 valence electrons. The van der Waals surface area contributed by atoms with Crippen LogP contribution in [0.1, 0.15) is 27.2 Å². The second-order valence-corrected chi connectivity index (χ2v) is 4.93. The molecule has 2 N–H and O–H groups in total. The lowest BCUT2D eigenvalue weighted by Crippen LogP contribution is -2.46. The van der Waals surface area contributed by atoms with Gasteiger partial charge in [-0.15, -0.1) is 0 Å². The third kappa shape index (κ3) is 3.43. The standard InChI is InChI=1S/C12H23N3O2/c1-8(2)15-6-5-10(12(15)17)14-11(16)9(3)7-13-4/h8-10,13H,5-7H2,1-4H3,(H,14,16). The fourth-order valence-corrected chi connectivity index (χ4v) is 2.06. The van der Waals surface area contributed by atoms with Crippen molar-refractivity contribution in [1.82, 2.24) is 15.5 Å². The quantitative estimate of drug-likeness (QED) is 0.710. The highest BCUT2D eigenvalue weighted by Crippen LogP contribution is 2.14. The summed E-state index contributed by atoms with van der Waals surface area (Å²) in [6, 6.07) is -0.122. The van der Waals surface area contributed by atoms with Crippen molar-refractivity contribution >= 4 is 11.8 Å². The molecule has 0 bridgehead atoms. The Kier molecular flexibility index (Phi) is 4.93. The third-order valence-electron chi connectivity index (χ3n) is 3.14. The molecule has 1 aliphatic heterocycles. The van der Waals surface area contributed by atoms with Gasteiger partial charge in [-0.3, -0.25) is 9.59 Å². The Morgan fingerprint density at radius 2 is 2.12 bits per heavy atom. The molecule has 2 unspecified atom stereocenters. The highest BCUT2D eigenvalue weighted by molar-refractivity contribution is 5.90. The molecule has 5 nitrogen and oxygen atoms in total. The molecule has 5 heteroatoms. The Balaban J connectivity index is 2.48. The first kappa shape index (κ1) is 14.0. The lowest BCUT2D eigenvalue weighted by atomic mass is 10.1. The van der Waals surface area contributed by atoms with E-state index in [0.29, 0.717) is 6.54 Å². The number of likely N-dealkylation sites (tertiary alicyclic amines) is 1. The summed E-state index contributed by atoms with van der Waals surface area (Å²) in [5, 5.41) is 5.78. The van der Waals surface area contributed by atoms with Gasteiger partial charge in [0.05, 0.1) is 0 Å². The number of hydrogen-bond donors (Lipinski definition) is 2. The maximum absolute atomic E-state index is 12.0. The minimum Gasteiger partial charge on any atom is -0.344 e. The van der Waals surface area contributed by atoms with Crippen LogP contribution in [0, 0.1) is 5.92 Å². The predicted octanol–water partition coefficient (Wildman–Crippen LogP) is -0.0326. The number of nitrogens with one attached hydrogen (secondary N) is 2. The van der Waals surface area contributed by atoms with Gasteiger partial charge in [-0.2, -0.15) is 0 Å². The largest absolute Gasteiger partial charge is 0.344 e. The van der Waals surface area contributed by atoms with Crippen LogP contribution in [0.4, 0.5) is 0 Å². The van der Waals surface area contributed by atoms with Crippen molar-refractivity contribution in [2.24, 2.45) is 5.92 Å². The van der Waals surface area contributed by atoms with E-state index in [2.05, 4.69) is 10.6 Å². The molecular formula is C12H23N3O2. The van der Waals surface area contributed by atoms with Crippen molar-refractivity contribution in [3.63, 3.8) is 0 Å². The van der Waals surface area contributed by atoms with Crippen molar-refractivity contribution < 1.29 is 9.59 Å². The van der Waals surface area contributed by atoms with E-state index in [-0.39, 0.29) is 29.8 Å². The smallest absolute Gasteiger partial charge is 0.245 e. The van der Waals surface area contributed by atoms with E-state index >= 15 is 0 Å². The molecule has 0 aliphatic carbocycles. The van der Waals surface area contributed by atoms with E-state index in [0.717, 1.165) is 13.0 Å². The number of hydrogen-bond acceptors (Lipinski definition) is 3. The lowest BCUT2D eigenvalue weighted by molar-refractivity contribution is -0.134. The van der Waals surface area contributed by atoms with Crippen molar-refractivity contribution in [1.29, 1.82) is 0 Å². The van der Waals surface area contributed by atoms with Crippen LogP contribution < -0.4 is 10.6 Å². The van der Waals surface area contributed by atoms with Crippen LogP contribution in [0.15, 0.2) is 0 Å². The van der Waals surface area contributed by atoms with Crippen LogP contribution in [-0.2, 0) is 9.59 Å². The topological polar surface area (TPSA) is 61.4 Å². The first-order chi connectivity index (χ1) is 7.97. The number of amides is 2. The minimum atomic E-state index is -0.329. The van der Waals surface area contributed by atoms with E-state index < -0.39 is 0 Å². The van der Waals surface area contributed by atoms with Crippen LogP contribution in [0.2, 0.25) is 0 Å². The maximum Gasteiger partial charge on any atom is 0.245 e. The lowest BCUT2D eigenvalue weighted by Gasteiger charge is -2.21.